The molecular weight excluding hydrogens is 258 g/mol. The third kappa shape index (κ3) is 4.11. The summed E-state index contributed by atoms with van der Waals surface area (Å²) in [5, 5.41) is 7.41. The fraction of sp³-hybridized carbons (Fsp3) is 0.615. The first-order valence-electron chi connectivity index (χ1n) is 6.58. The highest BCUT2D eigenvalue weighted by Crippen LogP contribution is 2.12. The van der Waals surface area contributed by atoms with Crippen molar-refractivity contribution < 1.29 is 0 Å². The van der Waals surface area contributed by atoms with Gasteiger partial charge in [0, 0.05) is 36.5 Å². The number of nitrogens with two attached hydrogens (primary N) is 1. The van der Waals surface area contributed by atoms with Crippen molar-refractivity contribution in [2.45, 2.75) is 46.2 Å². The maximum Gasteiger partial charge on any atom is 0.138 e. The molecule has 0 fully saturated rings. The fourth-order valence-corrected chi connectivity index (χ4v) is 2.84. The zero-order valence-electron chi connectivity index (χ0n) is 11.7. The van der Waals surface area contributed by atoms with Crippen LogP contribution >= 0.6 is 11.3 Å². The van der Waals surface area contributed by atoms with Gasteiger partial charge in [-0.3, -0.25) is 0 Å². The first-order chi connectivity index (χ1) is 9.04. The van der Waals surface area contributed by atoms with Crippen LogP contribution in [0.5, 0.6) is 0 Å². The summed E-state index contributed by atoms with van der Waals surface area (Å²) >= 11 is 1.67. The Bertz CT molecular complexity index is 517. The lowest BCUT2D eigenvalue weighted by Crippen LogP contribution is -2.27. The average Bonchev–Trinajstić information content (AvgIpc) is 2.88. The zero-order chi connectivity index (χ0) is 13.8. The summed E-state index contributed by atoms with van der Waals surface area (Å²) in [7, 11) is 0. The SMILES string of the molecule is Cc1csc(CC(N)Cc2ncnn2CC(C)C)n1. The minimum atomic E-state index is 0.0423. The first kappa shape index (κ1) is 14.1. The molecule has 1 unspecified atom stereocenters. The molecule has 0 amide bonds. The van der Waals surface area contributed by atoms with E-state index in [1.165, 1.54) is 0 Å². The molecule has 0 aliphatic rings. The van der Waals surface area contributed by atoms with Gasteiger partial charge in [0.05, 0.1) is 5.01 Å². The lowest BCUT2D eigenvalue weighted by molar-refractivity contribution is 0.457. The summed E-state index contributed by atoms with van der Waals surface area (Å²) in [4.78, 5) is 8.76. The summed E-state index contributed by atoms with van der Waals surface area (Å²) in [6.45, 7) is 7.23. The van der Waals surface area contributed by atoms with Crippen LogP contribution in [0.25, 0.3) is 0 Å². The Morgan fingerprint density at radius 1 is 1.37 bits per heavy atom. The van der Waals surface area contributed by atoms with Crippen molar-refractivity contribution in [3.05, 3.63) is 28.2 Å². The van der Waals surface area contributed by atoms with Crippen molar-refractivity contribution in [1.82, 2.24) is 19.7 Å². The standard InChI is InChI=1S/C13H21N5S/c1-9(2)6-18-12(15-8-16-18)4-11(14)5-13-17-10(3)7-19-13/h7-9,11H,4-6,14H2,1-3H3. The van der Waals surface area contributed by atoms with E-state index in [4.69, 9.17) is 5.73 Å². The van der Waals surface area contributed by atoms with E-state index in [0.717, 1.165) is 35.9 Å². The summed E-state index contributed by atoms with van der Waals surface area (Å²) < 4.78 is 1.96. The van der Waals surface area contributed by atoms with Gasteiger partial charge in [-0.15, -0.1) is 11.3 Å². The van der Waals surface area contributed by atoms with E-state index in [1.807, 2.05) is 11.6 Å². The van der Waals surface area contributed by atoms with E-state index < -0.39 is 0 Å². The second kappa shape index (κ2) is 6.25. The van der Waals surface area contributed by atoms with Crippen molar-refractivity contribution in [2.24, 2.45) is 11.7 Å². The normalized spacial score (nSPS) is 13.1. The van der Waals surface area contributed by atoms with Gasteiger partial charge in [-0.1, -0.05) is 13.8 Å². The van der Waals surface area contributed by atoms with Crippen molar-refractivity contribution in [3.63, 3.8) is 0 Å². The Kier molecular flexibility index (Phi) is 4.66. The zero-order valence-corrected chi connectivity index (χ0v) is 12.5. The van der Waals surface area contributed by atoms with Crippen LogP contribution in [0.3, 0.4) is 0 Å². The third-order valence-corrected chi connectivity index (χ3v) is 3.77. The Morgan fingerprint density at radius 2 is 2.16 bits per heavy atom. The molecule has 104 valence electrons. The number of hydrogen-bond donors (Lipinski definition) is 1. The van der Waals surface area contributed by atoms with Crippen LogP contribution in [0, 0.1) is 12.8 Å². The largest absolute Gasteiger partial charge is 0.327 e. The number of thiazole rings is 1. The maximum absolute atomic E-state index is 6.19. The van der Waals surface area contributed by atoms with Gasteiger partial charge in [-0.25, -0.2) is 14.6 Å². The highest BCUT2D eigenvalue weighted by atomic mass is 32.1. The molecule has 1 atom stereocenters. The molecule has 2 aromatic heterocycles. The summed E-state index contributed by atoms with van der Waals surface area (Å²) in [6, 6.07) is 0.0423. The lowest BCUT2D eigenvalue weighted by Gasteiger charge is -2.12. The Labute approximate surface area is 117 Å². The number of nitrogens with zero attached hydrogens (tertiary/aromatic N) is 4. The summed E-state index contributed by atoms with van der Waals surface area (Å²) in [5.41, 5.74) is 7.26. The highest BCUT2D eigenvalue weighted by molar-refractivity contribution is 7.09. The van der Waals surface area contributed by atoms with Gasteiger partial charge in [0.25, 0.3) is 0 Å². The van der Waals surface area contributed by atoms with Gasteiger partial charge in [0.15, 0.2) is 0 Å². The maximum atomic E-state index is 6.19. The van der Waals surface area contributed by atoms with E-state index in [0.29, 0.717) is 5.92 Å². The fourth-order valence-electron chi connectivity index (χ4n) is 1.97. The minimum absolute atomic E-state index is 0.0423. The van der Waals surface area contributed by atoms with E-state index in [-0.39, 0.29) is 6.04 Å². The second-order valence-corrected chi connectivity index (χ2v) is 6.25. The van der Waals surface area contributed by atoms with E-state index in [9.17, 15) is 0 Å². The Morgan fingerprint density at radius 3 is 2.79 bits per heavy atom. The molecule has 0 aliphatic heterocycles. The highest BCUT2D eigenvalue weighted by Gasteiger charge is 2.13. The smallest absolute Gasteiger partial charge is 0.138 e. The van der Waals surface area contributed by atoms with E-state index in [1.54, 1.807) is 17.7 Å². The molecular formula is C13H21N5S. The molecule has 0 radical (unpaired) electrons. The molecule has 0 saturated heterocycles. The molecule has 19 heavy (non-hydrogen) atoms. The van der Waals surface area contributed by atoms with Crippen LogP contribution in [-0.4, -0.2) is 25.8 Å². The van der Waals surface area contributed by atoms with Gasteiger partial charge in [-0.05, 0) is 12.8 Å². The van der Waals surface area contributed by atoms with Crippen LogP contribution in [-0.2, 0) is 19.4 Å². The monoisotopic (exact) mass is 279 g/mol. The Hall–Kier alpha value is -1.27. The molecule has 0 saturated carbocycles. The topological polar surface area (TPSA) is 69.6 Å². The van der Waals surface area contributed by atoms with Crippen molar-refractivity contribution in [2.75, 3.05) is 0 Å². The summed E-state index contributed by atoms with van der Waals surface area (Å²) in [5.74, 6) is 1.52. The molecule has 5 nitrogen and oxygen atoms in total. The van der Waals surface area contributed by atoms with Gasteiger partial charge >= 0.3 is 0 Å². The molecule has 2 rings (SSSR count). The molecule has 0 aromatic carbocycles. The van der Waals surface area contributed by atoms with E-state index in [2.05, 4.69) is 34.3 Å². The molecule has 2 N–H and O–H groups in total. The second-order valence-electron chi connectivity index (χ2n) is 5.30. The number of aryl methyl sites for hydroxylation is 1. The predicted molar refractivity (Wildman–Crippen MR) is 77.1 cm³/mol. The average molecular weight is 279 g/mol. The molecule has 0 spiro atoms. The molecule has 6 heteroatoms. The molecule has 0 aliphatic carbocycles. The number of hydrogen-bond acceptors (Lipinski definition) is 5. The molecule has 2 aromatic rings. The molecule has 0 bridgehead atoms. The predicted octanol–water partition coefficient (Wildman–Crippen LogP) is 1.81. The van der Waals surface area contributed by atoms with Crippen LogP contribution in [0.1, 0.15) is 30.4 Å². The van der Waals surface area contributed by atoms with Gasteiger partial charge in [0.2, 0.25) is 0 Å². The van der Waals surface area contributed by atoms with Crippen LogP contribution in [0.15, 0.2) is 11.7 Å². The lowest BCUT2D eigenvalue weighted by atomic mass is 10.1. The van der Waals surface area contributed by atoms with Gasteiger partial charge in [0.1, 0.15) is 12.2 Å². The minimum Gasteiger partial charge on any atom is -0.327 e. The first-order valence-corrected chi connectivity index (χ1v) is 7.46. The van der Waals surface area contributed by atoms with Crippen molar-refractivity contribution in [3.8, 4) is 0 Å². The van der Waals surface area contributed by atoms with Crippen LogP contribution in [0.4, 0.5) is 0 Å². The molecule has 2 heterocycles. The van der Waals surface area contributed by atoms with Crippen molar-refractivity contribution >= 4 is 11.3 Å². The van der Waals surface area contributed by atoms with Gasteiger partial charge < -0.3 is 5.73 Å². The summed E-state index contributed by atoms with van der Waals surface area (Å²) in [6.07, 6.45) is 3.15. The quantitative estimate of drug-likeness (QED) is 0.875. The Balaban J connectivity index is 1.95. The van der Waals surface area contributed by atoms with Crippen molar-refractivity contribution in [1.29, 1.82) is 0 Å². The number of rotatable bonds is 6. The van der Waals surface area contributed by atoms with Crippen LogP contribution < -0.4 is 5.73 Å². The van der Waals surface area contributed by atoms with E-state index >= 15 is 0 Å². The van der Waals surface area contributed by atoms with Crippen LogP contribution in [0.2, 0.25) is 0 Å². The number of aromatic nitrogens is 4. The van der Waals surface area contributed by atoms with Gasteiger partial charge in [-0.2, -0.15) is 5.10 Å². The third-order valence-electron chi connectivity index (χ3n) is 2.78.